The van der Waals surface area contributed by atoms with E-state index in [1.165, 1.54) is 5.69 Å². The fourth-order valence-corrected chi connectivity index (χ4v) is 3.35. The zero-order valence-corrected chi connectivity index (χ0v) is 13.8. The lowest BCUT2D eigenvalue weighted by atomic mass is 9.94. The van der Waals surface area contributed by atoms with E-state index in [1.54, 1.807) is 0 Å². The predicted octanol–water partition coefficient (Wildman–Crippen LogP) is 1.95. The van der Waals surface area contributed by atoms with Gasteiger partial charge in [-0.25, -0.2) is 0 Å². The van der Waals surface area contributed by atoms with E-state index in [1.807, 2.05) is 19.1 Å². The first-order valence-electron chi connectivity index (χ1n) is 8.55. The number of hydrogen-bond donors (Lipinski definition) is 1. The van der Waals surface area contributed by atoms with Crippen molar-refractivity contribution < 1.29 is 14.3 Å². The Hall–Kier alpha value is -1.59. The molecule has 2 heterocycles. The van der Waals surface area contributed by atoms with Crippen LogP contribution in [0, 0.1) is 5.92 Å². The zero-order valence-electron chi connectivity index (χ0n) is 13.8. The van der Waals surface area contributed by atoms with Crippen LogP contribution in [0.15, 0.2) is 24.3 Å². The highest BCUT2D eigenvalue weighted by molar-refractivity contribution is 5.79. The van der Waals surface area contributed by atoms with Gasteiger partial charge in [0.25, 0.3) is 0 Å². The number of benzene rings is 1. The third-order valence-corrected chi connectivity index (χ3v) is 4.74. The van der Waals surface area contributed by atoms with E-state index in [2.05, 4.69) is 22.3 Å². The number of hydrogen-bond acceptors (Lipinski definition) is 4. The number of ether oxygens (including phenoxy) is 2. The largest absolute Gasteiger partial charge is 0.378 e. The van der Waals surface area contributed by atoms with Gasteiger partial charge >= 0.3 is 0 Å². The maximum atomic E-state index is 12.4. The van der Waals surface area contributed by atoms with Gasteiger partial charge in [0, 0.05) is 31.9 Å². The van der Waals surface area contributed by atoms with Crippen molar-refractivity contribution in [2.24, 2.45) is 5.92 Å². The molecule has 5 heteroatoms. The minimum Gasteiger partial charge on any atom is -0.378 e. The molecule has 3 rings (SSSR count). The van der Waals surface area contributed by atoms with E-state index >= 15 is 0 Å². The summed E-state index contributed by atoms with van der Waals surface area (Å²) in [5, 5.41) is 3.10. The monoisotopic (exact) mass is 318 g/mol. The van der Waals surface area contributed by atoms with E-state index < -0.39 is 0 Å². The lowest BCUT2D eigenvalue weighted by Gasteiger charge is -2.31. The average Bonchev–Trinajstić information content (AvgIpc) is 2.61. The van der Waals surface area contributed by atoms with Crippen LogP contribution in [-0.2, 0) is 20.8 Å². The average molecular weight is 318 g/mol. The van der Waals surface area contributed by atoms with Crippen LogP contribution in [0.4, 0.5) is 5.69 Å². The van der Waals surface area contributed by atoms with Crippen molar-refractivity contribution >= 4 is 11.6 Å². The maximum absolute atomic E-state index is 12.4. The van der Waals surface area contributed by atoms with E-state index in [0.717, 1.165) is 51.3 Å². The van der Waals surface area contributed by atoms with E-state index in [0.29, 0.717) is 6.54 Å². The number of morpholine rings is 1. The molecule has 0 aromatic heterocycles. The highest BCUT2D eigenvalue weighted by Crippen LogP contribution is 2.23. The Bertz CT molecular complexity index is 529. The molecule has 1 aromatic carbocycles. The molecule has 23 heavy (non-hydrogen) atoms. The molecule has 0 radical (unpaired) electrons. The van der Waals surface area contributed by atoms with Gasteiger partial charge in [0.05, 0.1) is 25.2 Å². The van der Waals surface area contributed by atoms with Gasteiger partial charge in [0.2, 0.25) is 5.91 Å². The summed E-state index contributed by atoms with van der Waals surface area (Å²) in [6.45, 7) is 6.65. The summed E-state index contributed by atoms with van der Waals surface area (Å²) in [6, 6.07) is 8.29. The predicted molar refractivity (Wildman–Crippen MR) is 89.5 cm³/mol. The van der Waals surface area contributed by atoms with E-state index in [4.69, 9.17) is 9.47 Å². The first-order valence-corrected chi connectivity index (χ1v) is 8.55. The zero-order chi connectivity index (χ0) is 16.1. The van der Waals surface area contributed by atoms with Crippen molar-refractivity contribution in [2.45, 2.75) is 32.4 Å². The van der Waals surface area contributed by atoms with E-state index in [-0.39, 0.29) is 17.9 Å². The molecule has 1 amide bonds. The van der Waals surface area contributed by atoms with Crippen LogP contribution < -0.4 is 10.2 Å². The number of anilines is 1. The molecule has 0 spiro atoms. The van der Waals surface area contributed by atoms with Crippen LogP contribution in [0.1, 0.15) is 25.3 Å². The normalized spacial score (nSPS) is 25.2. The Morgan fingerprint density at radius 1 is 1.26 bits per heavy atom. The van der Waals surface area contributed by atoms with Crippen LogP contribution in [0.3, 0.4) is 0 Å². The molecule has 2 saturated heterocycles. The Morgan fingerprint density at radius 2 is 2.04 bits per heavy atom. The topological polar surface area (TPSA) is 50.8 Å². The molecular formula is C18H26N2O3. The molecule has 2 aliphatic rings. The van der Waals surface area contributed by atoms with Gasteiger partial charge in [-0.3, -0.25) is 4.79 Å². The summed E-state index contributed by atoms with van der Waals surface area (Å²) in [5.41, 5.74) is 2.36. The van der Waals surface area contributed by atoms with Crippen LogP contribution in [0.5, 0.6) is 0 Å². The van der Waals surface area contributed by atoms with Crippen LogP contribution in [-0.4, -0.2) is 44.9 Å². The standard InChI is InChI=1S/C18H26N2O3/c1-14-16(6-4-10-23-14)18(21)19-13-15-5-2-3-7-17(15)20-8-11-22-12-9-20/h2-3,5,7,14,16H,4,6,8-13H2,1H3,(H,19,21)/t14-,16-/m1/s1. The number of amides is 1. The third kappa shape index (κ3) is 4.03. The van der Waals surface area contributed by atoms with Crippen molar-refractivity contribution in [2.75, 3.05) is 37.8 Å². The van der Waals surface area contributed by atoms with Gasteiger partial charge in [-0.15, -0.1) is 0 Å². The van der Waals surface area contributed by atoms with Gasteiger partial charge in [-0.1, -0.05) is 18.2 Å². The lowest BCUT2D eigenvalue weighted by molar-refractivity contribution is -0.133. The Morgan fingerprint density at radius 3 is 2.83 bits per heavy atom. The highest BCUT2D eigenvalue weighted by atomic mass is 16.5. The van der Waals surface area contributed by atoms with Crippen LogP contribution >= 0.6 is 0 Å². The summed E-state index contributed by atoms with van der Waals surface area (Å²) in [7, 11) is 0. The van der Waals surface area contributed by atoms with Gasteiger partial charge in [0.1, 0.15) is 0 Å². The van der Waals surface area contributed by atoms with E-state index in [9.17, 15) is 4.79 Å². The second kappa shape index (κ2) is 7.79. The molecule has 5 nitrogen and oxygen atoms in total. The Balaban J connectivity index is 1.62. The summed E-state index contributed by atoms with van der Waals surface area (Å²) in [4.78, 5) is 14.8. The second-order valence-corrected chi connectivity index (χ2v) is 6.27. The van der Waals surface area contributed by atoms with Crippen molar-refractivity contribution in [3.05, 3.63) is 29.8 Å². The smallest absolute Gasteiger partial charge is 0.225 e. The molecule has 0 saturated carbocycles. The molecule has 0 unspecified atom stereocenters. The molecule has 2 aliphatic heterocycles. The maximum Gasteiger partial charge on any atom is 0.225 e. The molecule has 2 atom stereocenters. The molecule has 126 valence electrons. The SMILES string of the molecule is C[C@H]1OCCC[C@H]1C(=O)NCc1ccccc1N1CCOCC1. The number of para-hydroxylation sites is 1. The number of carbonyl (C=O) groups is 1. The van der Waals surface area contributed by atoms with Crippen molar-refractivity contribution in [3.63, 3.8) is 0 Å². The fourth-order valence-electron chi connectivity index (χ4n) is 3.35. The van der Waals surface area contributed by atoms with Gasteiger partial charge in [-0.05, 0) is 31.4 Å². The van der Waals surface area contributed by atoms with Gasteiger partial charge < -0.3 is 19.7 Å². The highest BCUT2D eigenvalue weighted by Gasteiger charge is 2.28. The summed E-state index contributed by atoms with van der Waals surface area (Å²) >= 11 is 0. The van der Waals surface area contributed by atoms with Crippen molar-refractivity contribution in [1.29, 1.82) is 0 Å². The fraction of sp³-hybridized carbons (Fsp3) is 0.611. The third-order valence-electron chi connectivity index (χ3n) is 4.74. The Labute approximate surface area is 137 Å². The summed E-state index contributed by atoms with van der Waals surface area (Å²) in [6.07, 6.45) is 1.89. The lowest BCUT2D eigenvalue weighted by Crippen LogP contribution is -2.40. The minimum atomic E-state index is -0.0284. The number of rotatable bonds is 4. The van der Waals surface area contributed by atoms with Gasteiger partial charge in [-0.2, -0.15) is 0 Å². The first kappa shape index (κ1) is 16.3. The molecule has 0 bridgehead atoms. The minimum absolute atomic E-state index is 0.0123. The second-order valence-electron chi connectivity index (χ2n) is 6.27. The summed E-state index contributed by atoms with van der Waals surface area (Å²) in [5.74, 6) is 0.0771. The molecule has 0 aliphatic carbocycles. The Kier molecular flexibility index (Phi) is 5.51. The van der Waals surface area contributed by atoms with Crippen LogP contribution in [0.2, 0.25) is 0 Å². The number of nitrogens with zero attached hydrogens (tertiary/aromatic N) is 1. The van der Waals surface area contributed by atoms with Crippen molar-refractivity contribution in [1.82, 2.24) is 5.32 Å². The first-order chi connectivity index (χ1) is 11.3. The number of carbonyl (C=O) groups excluding carboxylic acids is 1. The molecule has 1 aromatic rings. The van der Waals surface area contributed by atoms with Crippen LogP contribution in [0.25, 0.3) is 0 Å². The van der Waals surface area contributed by atoms with Gasteiger partial charge in [0.15, 0.2) is 0 Å². The number of nitrogens with one attached hydrogen (secondary N) is 1. The summed E-state index contributed by atoms with van der Waals surface area (Å²) < 4.78 is 11.0. The molecular weight excluding hydrogens is 292 g/mol. The van der Waals surface area contributed by atoms with Crippen molar-refractivity contribution in [3.8, 4) is 0 Å². The molecule has 1 N–H and O–H groups in total. The molecule has 2 fully saturated rings. The quantitative estimate of drug-likeness (QED) is 0.922.